The lowest BCUT2D eigenvalue weighted by Gasteiger charge is -2.12. The fourth-order valence-corrected chi connectivity index (χ4v) is 0.631. The van der Waals surface area contributed by atoms with Crippen LogP contribution in [-0.4, -0.2) is 45.0 Å². The second-order valence-electron chi connectivity index (χ2n) is 2.34. The SMILES string of the molecule is C#CC(=O)OC(OC)C(=O)OC(=O)COC. The van der Waals surface area contributed by atoms with Crippen molar-refractivity contribution in [1.29, 1.82) is 0 Å². The van der Waals surface area contributed by atoms with Gasteiger partial charge in [-0.2, -0.15) is 0 Å². The van der Waals surface area contributed by atoms with Crippen molar-refractivity contribution in [1.82, 2.24) is 0 Å². The molecule has 1 atom stereocenters. The van der Waals surface area contributed by atoms with Gasteiger partial charge in [-0.25, -0.2) is 14.4 Å². The Morgan fingerprint density at radius 3 is 2.38 bits per heavy atom. The smallest absolute Gasteiger partial charge is 0.386 e. The van der Waals surface area contributed by atoms with Gasteiger partial charge in [0.1, 0.15) is 6.61 Å². The van der Waals surface area contributed by atoms with Gasteiger partial charge < -0.3 is 18.9 Å². The maximum atomic E-state index is 11.1. The number of rotatable bonds is 5. The van der Waals surface area contributed by atoms with Crippen LogP contribution in [-0.2, 0) is 33.3 Å². The van der Waals surface area contributed by atoms with E-state index in [2.05, 4.69) is 18.9 Å². The molecule has 0 aromatic rings. The van der Waals surface area contributed by atoms with E-state index in [0.29, 0.717) is 0 Å². The summed E-state index contributed by atoms with van der Waals surface area (Å²) in [6, 6.07) is 0. The van der Waals surface area contributed by atoms with E-state index < -0.39 is 30.8 Å². The maximum Gasteiger partial charge on any atom is 0.386 e. The Kier molecular flexibility index (Phi) is 6.51. The first-order valence-corrected chi connectivity index (χ1v) is 3.98. The average molecular weight is 230 g/mol. The summed E-state index contributed by atoms with van der Waals surface area (Å²) in [4.78, 5) is 32.6. The minimum Gasteiger partial charge on any atom is -0.414 e. The zero-order valence-electron chi connectivity index (χ0n) is 8.72. The van der Waals surface area contributed by atoms with E-state index in [4.69, 9.17) is 6.42 Å². The molecular weight excluding hydrogens is 220 g/mol. The molecule has 0 saturated carbocycles. The van der Waals surface area contributed by atoms with Crippen LogP contribution in [0.2, 0.25) is 0 Å². The van der Waals surface area contributed by atoms with Crippen molar-refractivity contribution in [2.24, 2.45) is 0 Å². The molecule has 1 unspecified atom stereocenters. The standard InChI is InChI=1S/C9H10O7/c1-4-6(10)16-9(14-3)8(12)15-7(11)5-13-2/h1,9H,5H2,2-3H3. The lowest BCUT2D eigenvalue weighted by atomic mass is 10.6. The zero-order valence-corrected chi connectivity index (χ0v) is 8.72. The summed E-state index contributed by atoms with van der Waals surface area (Å²) in [5, 5.41) is 0. The van der Waals surface area contributed by atoms with Gasteiger partial charge in [-0.1, -0.05) is 0 Å². The van der Waals surface area contributed by atoms with Gasteiger partial charge in [0, 0.05) is 20.1 Å². The van der Waals surface area contributed by atoms with Crippen molar-refractivity contribution in [3.8, 4) is 12.3 Å². The zero-order chi connectivity index (χ0) is 12.6. The fourth-order valence-electron chi connectivity index (χ4n) is 0.631. The van der Waals surface area contributed by atoms with Crippen molar-refractivity contribution in [3.63, 3.8) is 0 Å². The molecule has 0 aromatic heterocycles. The van der Waals surface area contributed by atoms with E-state index in [1.165, 1.54) is 7.11 Å². The monoisotopic (exact) mass is 230 g/mol. The Bertz CT molecular complexity index is 314. The van der Waals surface area contributed by atoms with Crippen LogP contribution >= 0.6 is 0 Å². The quantitative estimate of drug-likeness (QED) is 0.194. The topological polar surface area (TPSA) is 88.1 Å². The largest absolute Gasteiger partial charge is 0.414 e. The maximum absolute atomic E-state index is 11.1. The van der Waals surface area contributed by atoms with Crippen LogP contribution < -0.4 is 0 Å². The molecule has 7 nitrogen and oxygen atoms in total. The van der Waals surface area contributed by atoms with Crippen molar-refractivity contribution in [3.05, 3.63) is 0 Å². The molecule has 88 valence electrons. The summed E-state index contributed by atoms with van der Waals surface area (Å²) < 4.78 is 17.4. The number of ether oxygens (including phenoxy) is 4. The number of terminal acetylenes is 1. The van der Waals surface area contributed by atoms with E-state index in [-0.39, 0.29) is 0 Å². The van der Waals surface area contributed by atoms with Crippen LogP contribution in [0.15, 0.2) is 0 Å². The molecule has 0 amide bonds. The van der Waals surface area contributed by atoms with Gasteiger partial charge in [0.05, 0.1) is 0 Å². The molecule has 16 heavy (non-hydrogen) atoms. The highest BCUT2D eigenvalue weighted by Gasteiger charge is 2.25. The third-order valence-corrected chi connectivity index (χ3v) is 1.22. The molecule has 0 radical (unpaired) electrons. The Labute approximate surface area is 91.6 Å². The molecule has 7 heteroatoms. The summed E-state index contributed by atoms with van der Waals surface area (Å²) in [6.07, 6.45) is 3.03. The fraction of sp³-hybridized carbons (Fsp3) is 0.444. The highest BCUT2D eigenvalue weighted by atomic mass is 16.7. The van der Waals surface area contributed by atoms with Crippen LogP contribution in [0.3, 0.4) is 0 Å². The Balaban J connectivity index is 4.27. The van der Waals surface area contributed by atoms with Gasteiger partial charge in [0.2, 0.25) is 0 Å². The molecule has 0 aliphatic carbocycles. The molecule has 0 N–H and O–H groups in total. The second kappa shape index (κ2) is 7.39. The molecule has 0 heterocycles. The first kappa shape index (κ1) is 14.1. The van der Waals surface area contributed by atoms with Crippen LogP contribution in [0.4, 0.5) is 0 Å². The number of esters is 3. The average Bonchev–Trinajstić information content (AvgIpc) is 2.25. The lowest BCUT2D eigenvalue weighted by Crippen LogP contribution is -2.32. The molecule has 0 aliphatic heterocycles. The summed E-state index contributed by atoms with van der Waals surface area (Å²) in [5.41, 5.74) is 0. The number of carbonyl (C=O) groups excluding carboxylic acids is 3. The van der Waals surface area contributed by atoms with Crippen LogP contribution in [0, 0.1) is 12.3 Å². The van der Waals surface area contributed by atoms with Crippen LogP contribution in [0.5, 0.6) is 0 Å². The van der Waals surface area contributed by atoms with E-state index >= 15 is 0 Å². The summed E-state index contributed by atoms with van der Waals surface area (Å²) in [7, 11) is 2.33. The van der Waals surface area contributed by atoms with E-state index in [1.54, 1.807) is 5.92 Å². The first-order chi connectivity index (χ1) is 7.54. The van der Waals surface area contributed by atoms with Gasteiger partial charge in [-0.15, -0.1) is 6.42 Å². The van der Waals surface area contributed by atoms with Crippen molar-refractivity contribution < 1.29 is 33.3 Å². The highest BCUT2D eigenvalue weighted by molar-refractivity contribution is 5.92. The Hall–Kier alpha value is -1.91. The van der Waals surface area contributed by atoms with E-state index in [1.807, 2.05) is 0 Å². The molecule has 0 spiro atoms. The summed E-state index contributed by atoms with van der Waals surface area (Å²) >= 11 is 0. The third kappa shape index (κ3) is 5.09. The number of hydrogen-bond acceptors (Lipinski definition) is 7. The van der Waals surface area contributed by atoms with Crippen molar-refractivity contribution in [2.45, 2.75) is 6.29 Å². The molecule has 0 aliphatic rings. The third-order valence-electron chi connectivity index (χ3n) is 1.22. The Morgan fingerprint density at radius 1 is 1.31 bits per heavy atom. The molecular formula is C9H10O7. The minimum absolute atomic E-state index is 0.411. The van der Waals surface area contributed by atoms with Crippen molar-refractivity contribution in [2.75, 3.05) is 20.8 Å². The number of hydrogen-bond donors (Lipinski definition) is 0. The van der Waals surface area contributed by atoms with Gasteiger partial charge in [0.15, 0.2) is 0 Å². The number of methoxy groups -OCH3 is 2. The molecule has 0 rings (SSSR count). The van der Waals surface area contributed by atoms with Gasteiger partial charge in [-0.05, 0) is 0 Å². The van der Waals surface area contributed by atoms with E-state index in [9.17, 15) is 14.4 Å². The van der Waals surface area contributed by atoms with Crippen LogP contribution in [0.25, 0.3) is 0 Å². The molecule has 0 bridgehead atoms. The van der Waals surface area contributed by atoms with E-state index in [0.717, 1.165) is 7.11 Å². The lowest BCUT2D eigenvalue weighted by molar-refractivity contribution is -0.196. The van der Waals surface area contributed by atoms with Gasteiger partial charge >= 0.3 is 24.2 Å². The normalized spacial score (nSPS) is 11.1. The molecule has 0 saturated heterocycles. The Morgan fingerprint density at radius 2 is 1.94 bits per heavy atom. The van der Waals surface area contributed by atoms with Crippen LogP contribution in [0.1, 0.15) is 0 Å². The van der Waals surface area contributed by atoms with Gasteiger partial charge in [0.25, 0.3) is 0 Å². The minimum atomic E-state index is -1.68. The predicted octanol–water partition coefficient (Wildman–Crippen LogP) is -1.15. The number of carbonyl (C=O) groups is 3. The predicted molar refractivity (Wildman–Crippen MR) is 48.7 cm³/mol. The van der Waals surface area contributed by atoms with Crippen molar-refractivity contribution >= 4 is 17.9 Å². The first-order valence-electron chi connectivity index (χ1n) is 3.98. The highest BCUT2D eigenvalue weighted by Crippen LogP contribution is 1.98. The molecule has 0 fully saturated rings. The second-order valence-corrected chi connectivity index (χ2v) is 2.34. The van der Waals surface area contributed by atoms with Gasteiger partial charge in [-0.3, -0.25) is 0 Å². The summed E-state index contributed by atoms with van der Waals surface area (Å²) in [6.45, 7) is -0.411. The molecule has 0 aromatic carbocycles. The summed E-state index contributed by atoms with van der Waals surface area (Å²) in [5.74, 6) is -1.63.